The van der Waals surface area contributed by atoms with Crippen LogP contribution in [0.1, 0.15) is 44.0 Å². The number of phenolic OH excluding ortho intramolecular Hbond substituents is 6. The van der Waals surface area contributed by atoms with Crippen LogP contribution in [0.2, 0.25) is 20.1 Å². The quantitative estimate of drug-likeness (QED) is 0.0192. The van der Waals surface area contributed by atoms with Crippen molar-refractivity contribution in [3.05, 3.63) is 215 Å². The Labute approximate surface area is 566 Å². The van der Waals surface area contributed by atoms with Crippen LogP contribution >= 0.6 is 46.4 Å². The molecule has 6 rings (SSSR count). The van der Waals surface area contributed by atoms with Crippen molar-refractivity contribution in [2.45, 2.75) is 39.7 Å². The van der Waals surface area contributed by atoms with Gasteiger partial charge in [-0.05, 0) is 160 Å². The molecule has 95 heavy (non-hydrogen) atoms. The van der Waals surface area contributed by atoms with Crippen molar-refractivity contribution in [2.75, 3.05) is 52.1 Å². The van der Waals surface area contributed by atoms with Crippen LogP contribution in [0.4, 0.5) is 43.7 Å². The van der Waals surface area contributed by atoms with Gasteiger partial charge in [-0.15, -0.1) is 0 Å². The topological polar surface area (TPSA) is 401 Å². The number of nitrogens with one attached hydrogen (secondary N) is 8. The number of esters is 1. The van der Waals surface area contributed by atoms with Gasteiger partial charge in [-0.2, -0.15) is 0 Å². The van der Waals surface area contributed by atoms with Crippen LogP contribution in [0.15, 0.2) is 190 Å². The maximum Gasteiger partial charge on any atom is 0.340 e. The van der Waals surface area contributed by atoms with Gasteiger partial charge in [0, 0.05) is 65.5 Å². The van der Waals surface area contributed by atoms with E-state index in [-0.39, 0.29) is 121 Å². The number of methoxy groups -OCH3 is 1. The molecule has 29 heteroatoms. The molecule has 0 aliphatic heterocycles. The van der Waals surface area contributed by atoms with E-state index < -0.39 is 30.0 Å². The lowest BCUT2D eigenvalue weighted by Crippen LogP contribution is -2.36. The molecule has 0 fully saturated rings. The smallest absolute Gasteiger partial charge is 0.340 e. The van der Waals surface area contributed by atoms with Gasteiger partial charge in [-0.1, -0.05) is 85.9 Å². The number of halogens is 4. The van der Waals surface area contributed by atoms with E-state index in [9.17, 15) is 63.6 Å². The number of ketones is 2. The Balaban J connectivity index is 0.000000574. The fourth-order valence-corrected chi connectivity index (χ4v) is 7.08. The van der Waals surface area contributed by atoms with E-state index in [2.05, 4.69) is 86.7 Å². The number of aliphatic hydroxyl groups excluding tert-OH is 1. The molecule has 0 bridgehead atoms. The van der Waals surface area contributed by atoms with Gasteiger partial charge in [0.2, 0.25) is 11.8 Å². The first kappa shape index (κ1) is 81.9. The molecule has 0 aliphatic carbocycles. The molecule has 6 aromatic rings. The second kappa shape index (κ2) is 42.9. The number of anilines is 6. The summed E-state index contributed by atoms with van der Waals surface area (Å²) in [5.41, 5.74) is 3.94. The van der Waals surface area contributed by atoms with E-state index in [1.807, 2.05) is 0 Å². The first-order chi connectivity index (χ1) is 44.6. The Morgan fingerprint density at radius 2 is 0.842 bits per heavy atom. The number of amides is 8. The number of allylic oxidation sites excluding steroid dienone is 2. The van der Waals surface area contributed by atoms with Crippen molar-refractivity contribution >= 4 is 134 Å². The number of aromatic hydroxyl groups is 6. The van der Waals surface area contributed by atoms with Crippen LogP contribution in [-0.2, 0) is 33.5 Å². The first-order valence-electron chi connectivity index (χ1n) is 27.2. The number of urea groups is 2. The summed E-state index contributed by atoms with van der Waals surface area (Å²) in [5, 5.41) is 84.9. The van der Waals surface area contributed by atoms with E-state index in [1.54, 1.807) is 45.0 Å². The van der Waals surface area contributed by atoms with Gasteiger partial charge in [0.1, 0.15) is 23.0 Å². The average molecular weight is 1390 g/mol. The number of Topliss-reactive ketones (excluding diaryl/α,β-unsaturated/α-hetero) is 1. The Hall–Kier alpha value is -11.1. The lowest BCUT2D eigenvalue weighted by molar-refractivity contribution is -0.117. The summed E-state index contributed by atoms with van der Waals surface area (Å²) in [6.45, 7) is 25.3. The van der Waals surface area contributed by atoms with Gasteiger partial charge in [0.15, 0.2) is 23.1 Å². The number of benzene rings is 6. The van der Waals surface area contributed by atoms with E-state index in [4.69, 9.17) is 61.7 Å². The van der Waals surface area contributed by atoms with Crippen LogP contribution in [0.5, 0.6) is 34.5 Å². The number of carbonyl (C=O) groups excluding carboxylic acids is 9. The molecule has 0 saturated heterocycles. The maximum atomic E-state index is 11.5. The number of ether oxygens (including phenoxy) is 1. The fourth-order valence-electron chi connectivity index (χ4n) is 6.11. The summed E-state index contributed by atoms with van der Waals surface area (Å²) in [6, 6.07) is 27.0. The summed E-state index contributed by atoms with van der Waals surface area (Å²) < 4.78 is 4.55. The minimum absolute atomic E-state index is 0.0388. The third-order valence-electron chi connectivity index (χ3n) is 11.0. The lowest BCUT2D eigenvalue weighted by Gasteiger charge is -2.12. The Morgan fingerprint density at radius 1 is 0.474 bits per heavy atom. The van der Waals surface area contributed by atoms with Crippen molar-refractivity contribution in [1.82, 2.24) is 10.6 Å². The molecule has 0 aromatic heterocycles. The third-order valence-corrected chi connectivity index (χ3v) is 12.2. The largest absolute Gasteiger partial charge is 0.508 e. The SMILES string of the molecule is C=C(C)C(=O)CC(O)CNC(=O)Nc1ccc(O)cc1.C=C(C)C(=O)Nc1cc(Cl)c(O)c(Cl)c1.C=C(C)C(=O)Nc1ccc(O)cc1C(=O)OC.C=CC(=O)CCNC(=O)Nc1ccc(O)cc1.C=CC(=O)Nc1cc(Cl)c(O)c(Cl)c1.C=CC(=O)Nc1ccc(O)cc1. The molecule has 504 valence electrons. The molecular weight excluding hydrogens is 1320 g/mol. The van der Waals surface area contributed by atoms with Crippen LogP contribution < -0.4 is 42.5 Å². The zero-order valence-corrected chi connectivity index (χ0v) is 54.6. The average Bonchev–Trinajstić information content (AvgIpc) is 0.946. The molecule has 8 amide bonds. The summed E-state index contributed by atoms with van der Waals surface area (Å²) >= 11 is 22.6. The summed E-state index contributed by atoms with van der Waals surface area (Å²) in [4.78, 5) is 101. The highest BCUT2D eigenvalue weighted by atomic mass is 35.5. The fraction of sp³-hybridized carbons (Fsp3) is 0.136. The van der Waals surface area contributed by atoms with E-state index in [0.29, 0.717) is 45.2 Å². The normalized spacial score (nSPS) is 9.91. The molecule has 0 radical (unpaired) electrons. The molecule has 15 N–H and O–H groups in total. The van der Waals surface area contributed by atoms with Crippen molar-refractivity contribution in [2.24, 2.45) is 0 Å². The molecule has 0 aliphatic rings. The highest BCUT2D eigenvalue weighted by Crippen LogP contribution is 2.36. The molecule has 0 spiro atoms. The Kier molecular flexibility index (Phi) is 37.0. The summed E-state index contributed by atoms with van der Waals surface area (Å²) in [7, 11) is 1.22. The number of aliphatic hydroxyl groups is 1. The Morgan fingerprint density at radius 3 is 1.22 bits per heavy atom. The molecular formula is C66H70Cl4N8O17. The van der Waals surface area contributed by atoms with Crippen LogP contribution in [0.3, 0.4) is 0 Å². The second-order valence-electron chi connectivity index (χ2n) is 19.0. The monoisotopic (exact) mass is 1390 g/mol. The van der Waals surface area contributed by atoms with Crippen LogP contribution in [0, 0.1) is 0 Å². The van der Waals surface area contributed by atoms with Gasteiger partial charge in [-0.25, -0.2) is 14.4 Å². The number of rotatable bonds is 20. The zero-order valence-electron chi connectivity index (χ0n) is 51.6. The zero-order chi connectivity index (χ0) is 72.1. The van der Waals surface area contributed by atoms with Crippen LogP contribution in [0.25, 0.3) is 0 Å². The van der Waals surface area contributed by atoms with Crippen molar-refractivity contribution < 1.29 is 83.6 Å². The van der Waals surface area contributed by atoms with Crippen LogP contribution in [-0.4, -0.2) is 115 Å². The Bertz CT molecular complexity index is 3710. The third kappa shape index (κ3) is 33.7. The number of carbonyl (C=O) groups is 9. The standard InChI is InChI=1S/C14H18N2O4.C12H14N2O3.C12H13NO4.C10H9Cl2NO2.C9H7Cl2NO2.C9H9NO2/c1-9(2)13(19)7-12(18)8-15-14(20)16-10-3-5-11(17)6-4-10;1-2-10(15)7-8-13-12(17)14-9-3-5-11(16)6-4-9;1-7(2)11(15)13-10-5-4-8(14)6-9(10)12(16)17-3;1-5(2)10(15)13-6-3-7(11)9(14)8(12)4-6;1-2-8(13)12-5-3-6(10)9(14)7(11)4-5;1-2-9(12)10-7-3-5-8(11)6-4-7/h3-6,12,17-18H,1,7-8H2,2H3,(H2,15,16,20);2-6,16H,1,7-8H2,(H2,13,14,17);4-6,14H,1H2,2-3H3,(H,13,15);3-4,14H,1H2,2H3,(H,13,15);2-4,14H,1H2,(H,12,13);2-6,11H,1H2,(H,10,12). The molecule has 0 heterocycles. The van der Waals surface area contributed by atoms with Gasteiger partial charge in [0.05, 0.1) is 44.6 Å². The predicted octanol–water partition coefficient (Wildman–Crippen LogP) is 12.3. The van der Waals surface area contributed by atoms with E-state index >= 15 is 0 Å². The van der Waals surface area contributed by atoms with Gasteiger partial charge >= 0.3 is 18.0 Å². The van der Waals surface area contributed by atoms with Gasteiger partial charge in [-0.3, -0.25) is 28.8 Å². The van der Waals surface area contributed by atoms with Crippen molar-refractivity contribution in [1.29, 1.82) is 0 Å². The number of hydrogen-bond acceptors (Lipinski definition) is 17. The maximum absolute atomic E-state index is 11.5. The molecule has 6 aromatic carbocycles. The highest BCUT2D eigenvalue weighted by molar-refractivity contribution is 6.38. The molecule has 25 nitrogen and oxygen atoms in total. The number of phenols is 6. The number of hydrogen-bond donors (Lipinski definition) is 15. The van der Waals surface area contributed by atoms with E-state index in [1.165, 1.54) is 110 Å². The van der Waals surface area contributed by atoms with Gasteiger partial charge < -0.3 is 83.0 Å². The molecule has 0 saturated carbocycles. The molecule has 1 unspecified atom stereocenters. The highest BCUT2D eigenvalue weighted by Gasteiger charge is 2.17. The molecule has 1 atom stereocenters. The van der Waals surface area contributed by atoms with Crippen molar-refractivity contribution in [3.8, 4) is 34.5 Å². The second-order valence-corrected chi connectivity index (χ2v) is 20.6. The van der Waals surface area contributed by atoms with E-state index in [0.717, 1.165) is 6.08 Å². The summed E-state index contributed by atoms with van der Waals surface area (Å²) in [6.07, 6.45) is 2.73. The first-order valence-corrected chi connectivity index (χ1v) is 28.7. The minimum atomic E-state index is -0.954. The lowest BCUT2D eigenvalue weighted by atomic mass is 10.1. The van der Waals surface area contributed by atoms with Gasteiger partial charge in [0.25, 0.3) is 11.8 Å². The summed E-state index contributed by atoms with van der Waals surface area (Å²) in [5.74, 6) is -2.44. The predicted molar refractivity (Wildman–Crippen MR) is 369 cm³/mol. The van der Waals surface area contributed by atoms with Crippen molar-refractivity contribution in [3.63, 3.8) is 0 Å². The minimum Gasteiger partial charge on any atom is -0.508 e.